The summed E-state index contributed by atoms with van der Waals surface area (Å²) in [6.07, 6.45) is 4.47. The predicted octanol–water partition coefficient (Wildman–Crippen LogP) is 4.34. The maximum absolute atomic E-state index is 12.6. The summed E-state index contributed by atoms with van der Waals surface area (Å²) in [5.41, 5.74) is 4.04. The third-order valence-corrected chi connectivity index (χ3v) is 6.01. The quantitative estimate of drug-likeness (QED) is 0.407. The minimum Gasteiger partial charge on any atom is -0.497 e. The zero-order valence-electron chi connectivity index (χ0n) is 18.3. The topological polar surface area (TPSA) is 74.0 Å². The van der Waals surface area contributed by atoms with E-state index in [2.05, 4.69) is 15.5 Å². The highest BCUT2D eigenvalue weighted by molar-refractivity contribution is 7.99. The van der Waals surface area contributed by atoms with E-state index in [0.717, 1.165) is 34.0 Å². The van der Waals surface area contributed by atoms with Gasteiger partial charge in [0.2, 0.25) is 11.1 Å². The van der Waals surface area contributed by atoms with Gasteiger partial charge in [0, 0.05) is 24.5 Å². The number of methoxy groups -OCH3 is 1. The second kappa shape index (κ2) is 9.74. The van der Waals surface area contributed by atoms with E-state index in [9.17, 15) is 4.79 Å². The summed E-state index contributed by atoms with van der Waals surface area (Å²) >= 11 is 1.36. The van der Waals surface area contributed by atoms with Gasteiger partial charge in [0.1, 0.15) is 5.75 Å². The van der Waals surface area contributed by atoms with Crippen molar-refractivity contribution in [3.05, 3.63) is 89.5 Å². The number of rotatable bonds is 8. The second-order valence-electron chi connectivity index (χ2n) is 7.40. The number of aromatic nitrogens is 4. The Balaban J connectivity index is 1.51. The zero-order valence-corrected chi connectivity index (χ0v) is 19.1. The largest absolute Gasteiger partial charge is 0.497 e. The van der Waals surface area contributed by atoms with Crippen LogP contribution in [0.3, 0.4) is 0 Å². The lowest BCUT2D eigenvalue weighted by atomic mass is 10.1. The predicted molar refractivity (Wildman–Crippen MR) is 126 cm³/mol. The minimum atomic E-state index is -0.0776. The number of nitrogens with zero attached hydrogens (tertiary/aromatic N) is 4. The van der Waals surface area contributed by atoms with E-state index in [4.69, 9.17) is 4.74 Å². The van der Waals surface area contributed by atoms with Gasteiger partial charge in [0.25, 0.3) is 0 Å². The highest BCUT2D eigenvalue weighted by atomic mass is 32.2. The van der Waals surface area contributed by atoms with Gasteiger partial charge < -0.3 is 10.1 Å². The molecule has 2 aromatic heterocycles. The van der Waals surface area contributed by atoms with Crippen LogP contribution < -0.4 is 10.1 Å². The minimum absolute atomic E-state index is 0.0776. The van der Waals surface area contributed by atoms with Crippen molar-refractivity contribution in [3.8, 4) is 5.75 Å². The summed E-state index contributed by atoms with van der Waals surface area (Å²) in [6.45, 7) is 3.98. The maximum atomic E-state index is 12.6. The fourth-order valence-corrected chi connectivity index (χ4v) is 4.18. The van der Waals surface area contributed by atoms with Crippen LogP contribution in [0.5, 0.6) is 5.75 Å². The standard InChI is InChI=1S/C24H25N5O2S/c1-17-7-6-8-18(2)23(17)25-22(30)16-32-24-27-26-21(29(24)28-13-4-5-14-28)15-19-9-11-20(31-3)12-10-19/h4-14H,15-16H2,1-3H3,(H,25,30). The molecular formula is C24H25N5O2S. The van der Waals surface area contributed by atoms with Gasteiger partial charge >= 0.3 is 0 Å². The molecule has 0 radical (unpaired) electrons. The van der Waals surface area contributed by atoms with Crippen LogP contribution in [0.2, 0.25) is 0 Å². The van der Waals surface area contributed by atoms with Gasteiger partial charge in [0.15, 0.2) is 5.82 Å². The normalized spacial score (nSPS) is 10.8. The lowest BCUT2D eigenvalue weighted by Gasteiger charge is -2.13. The molecule has 0 aliphatic heterocycles. The van der Waals surface area contributed by atoms with E-state index in [1.165, 1.54) is 11.8 Å². The third kappa shape index (κ3) is 4.86. The van der Waals surface area contributed by atoms with Crippen molar-refractivity contribution in [2.45, 2.75) is 25.4 Å². The summed E-state index contributed by atoms with van der Waals surface area (Å²) in [7, 11) is 1.65. The van der Waals surface area contributed by atoms with Gasteiger partial charge in [-0.3, -0.25) is 9.47 Å². The number of benzene rings is 2. The van der Waals surface area contributed by atoms with Gasteiger partial charge in [0.05, 0.1) is 12.9 Å². The summed E-state index contributed by atoms with van der Waals surface area (Å²) in [6, 6.07) is 17.7. The number of para-hydroxylation sites is 1. The molecule has 4 aromatic rings. The van der Waals surface area contributed by atoms with Crippen molar-refractivity contribution >= 4 is 23.4 Å². The molecule has 0 spiro atoms. The number of amides is 1. The van der Waals surface area contributed by atoms with Gasteiger partial charge in [-0.15, -0.1) is 10.2 Å². The summed E-state index contributed by atoms with van der Waals surface area (Å²) in [4.78, 5) is 12.6. The second-order valence-corrected chi connectivity index (χ2v) is 8.34. The first-order valence-corrected chi connectivity index (χ1v) is 11.2. The Bertz CT molecular complexity index is 1180. The fraction of sp³-hybridized carbons (Fsp3) is 0.208. The van der Waals surface area contributed by atoms with E-state index < -0.39 is 0 Å². The smallest absolute Gasteiger partial charge is 0.234 e. The van der Waals surface area contributed by atoms with E-state index >= 15 is 0 Å². The monoisotopic (exact) mass is 447 g/mol. The molecule has 0 fully saturated rings. The molecule has 0 unspecified atom stereocenters. The molecule has 0 bridgehead atoms. The molecule has 0 aliphatic rings. The van der Waals surface area contributed by atoms with Gasteiger partial charge in [-0.05, 0) is 54.8 Å². The highest BCUT2D eigenvalue weighted by Gasteiger charge is 2.17. The molecule has 0 aliphatic carbocycles. The molecule has 32 heavy (non-hydrogen) atoms. The molecule has 1 N–H and O–H groups in total. The number of thioether (sulfide) groups is 1. The van der Waals surface area contributed by atoms with Crippen molar-refractivity contribution in [3.63, 3.8) is 0 Å². The number of ether oxygens (including phenoxy) is 1. The number of carbonyl (C=O) groups is 1. The molecule has 8 heteroatoms. The van der Waals surface area contributed by atoms with Crippen LogP contribution in [0.25, 0.3) is 0 Å². The van der Waals surface area contributed by atoms with E-state index in [1.807, 2.05) is 90.2 Å². The molecule has 4 rings (SSSR count). The van der Waals surface area contributed by atoms with Crippen LogP contribution in [-0.2, 0) is 11.2 Å². The van der Waals surface area contributed by atoms with Gasteiger partial charge in [-0.25, -0.2) is 4.68 Å². The first-order valence-electron chi connectivity index (χ1n) is 10.2. The number of anilines is 1. The van der Waals surface area contributed by atoms with Crippen LogP contribution in [0, 0.1) is 13.8 Å². The van der Waals surface area contributed by atoms with Crippen LogP contribution >= 0.6 is 11.8 Å². The molecule has 164 valence electrons. The molecule has 2 heterocycles. The Morgan fingerprint density at radius 3 is 2.34 bits per heavy atom. The van der Waals surface area contributed by atoms with Crippen molar-refractivity contribution in [2.75, 3.05) is 18.2 Å². The lowest BCUT2D eigenvalue weighted by Crippen LogP contribution is -2.17. The molecule has 1 amide bonds. The Labute approximate surface area is 191 Å². The summed E-state index contributed by atoms with van der Waals surface area (Å²) < 4.78 is 9.09. The Hall–Kier alpha value is -3.52. The van der Waals surface area contributed by atoms with Crippen molar-refractivity contribution in [2.24, 2.45) is 0 Å². The van der Waals surface area contributed by atoms with Gasteiger partial charge in [-0.2, -0.15) is 0 Å². The van der Waals surface area contributed by atoms with Crippen molar-refractivity contribution in [1.29, 1.82) is 0 Å². The van der Waals surface area contributed by atoms with Crippen LogP contribution in [-0.4, -0.2) is 38.3 Å². The van der Waals surface area contributed by atoms with E-state index in [1.54, 1.807) is 7.11 Å². The molecule has 7 nitrogen and oxygen atoms in total. The van der Waals surface area contributed by atoms with Crippen LogP contribution in [0.4, 0.5) is 5.69 Å². The van der Waals surface area contributed by atoms with E-state index in [0.29, 0.717) is 11.6 Å². The fourth-order valence-electron chi connectivity index (χ4n) is 3.43. The van der Waals surface area contributed by atoms with E-state index in [-0.39, 0.29) is 11.7 Å². The van der Waals surface area contributed by atoms with Crippen molar-refractivity contribution in [1.82, 2.24) is 19.5 Å². The molecule has 0 saturated carbocycles. The maximum Gasteiger partial charge on any atom is 0.234 e. The van der Waals surface area contributed by atoms with Crippen molar-refractivity contribution < 1.29 is 9.53 Å². The zero-order chi connectivity index (χ0) is 22.5. The Morgan fingerprint density at radius 2 is 1.69 bits per heavy atom. The average molecular weight is 448 g/mol. The Kier molecular flexibility index (Phi) is 6.61. The first kappa shape index (κ1) is 21.7. The third-order valence-electron chi connectivity index (χ3n) is 5.10. The van der Waals surface area contributed by atoms with Gasteiger partial charge in [-0.1, -0.05) is 42.1 Å². The number of hydrogen-bond donors (Lipinski definition) is 1. The highest BCUT2D eigenvalue weighted by Crippen LogP contribution is 2.23. The molecule has 0 saturated heterocycles. The Morgan fingerprint density at radius 1 is 1.00 bits per heavy atom. The number of nitrogens with one attached hydrogen (secondary N) is 1. The molecule has 0 atom stereocenters. The molecular weight excluding hydrogens is 422 g/mol. The SMILES string of the molecule is COc1ccc(Cc2nnc(SCC(=O)Nc3c(C)cccc3C)n2-n2cccc2)cc1. The number of aryl methyl sites for hydroxylation is 2. The average Bonchev–Trinajstić information content (AvgIpc) is 3.45. The lowest BCUT2D eigenvalue weighted by molar-refractivity contribution is -0.113. The van der Waals surface area contributed by atoms with Crippen LogP contribution in [0.1, 0.15) is 22.5 Å². The molecule has 2 aromatic carbocycles. The number of carbonyl (C=O) groups excluding carboxylic acids is 1. The summed E-state index contributed by atoms with van der Waals surface area (Å²) in [5, 5.41) is 12.5. The first-order chi connectivity index (χ1) is 15.5. The van der Waals surface area contributed by atoms with Crippen LogP contribution in [0.15, 0.2) is 72.1 Å². The summed E-state index contributed by atoms with van der Waals surface area (Å²) in [5.74, 6) is 1.75. The number of hydrogen-bond acceptors (Lipinski definition) is 5.